The molecule has 0 saturated carbocycles. The van der Waals surface area contributed by atoms with Crippen LogP contribution in [0.2, 0.25) is 0 Å². The van der Waals surface area contributed by atoms with Crippen molar-refractivity contribution in [2.45, 2.75) is 13.8 Å². The molecule has 0 aromatic heterocycles. The zero-order chi connectivity index (χ0) is 27.5. The maximum Gasteiger partial charge on any atom is -0.0114 e. The molecule has 0 amide bonds. The molecule has 0 bridgehead atoms. The fourth-order valence-electron chi connectivity index (χ4n) is 5.57. The Labute approximate surface area is 274 Å². The Morgan fingerprint density at radius 1 is 0.476 bits per heavy atom. The molecule has 206 valence electrons. The van der Waals surface area contributed by atoms with E-state index in [9.17, 15) is 0 Å². The van der Waals surface area contributed by atoms with E-state index < -0.39 is 0 Å². The first-order chi connectivity index (χ1) is 19.6. The standard InChI is InChI=1S/C19H13.C17H11.C3H6.2ClH.Zr/c1-2-10-16-14(6-1)8-4-12-18(16)19-13-5-9-15-7-3-11-17(15)19;1-2-6-15-12(4-1)8-10-14-11-9-13-5-3-7-16(13)17(14)15;1-3-2;;;/h1-13H;1-11H;1-2H3;2*1H;/q2*-1;;;;+2/p-2. The number of hydrogen-bond donors (Lipinski definition) is 0. The van der Waals surface area contributed by atoms with Crippen LogP contribution in [0.25, 0.3) is 65.0 Å². The Hall–Kier alpha value is -3.35. The van der Waals surface area contributed by atoms with E-state index in [1.165, 1.54) is 68.2 Å². The third-order valence-electron chi connectivity index (χ3n) is 7.28. The molecule has 42 heavy (non-hydrogen) atoms. The first kappa shape index (κ1) is 31.6. The molecule has 0 unspecified atom stereocenters. The molecule has 0 N–H and O–H groups in total. The molecule has 0 aliphatic carbocycles. The van der Waals surface area contributed by atoms with Gasteiger partial charge in [-0.2, -0.15) is 24.3 Å². The molecule has 0 fully saturated rings. The summed E-state index contributed by atoms with van der Waals surface area (Å²) in [5, 5.41) is 13.3. The Bertz CT molecular complexity index is 2100. The molecule has 0 radical (unpaired) electrons. The number of halogens is 2. The molecule has 0 aliphatic rings. The summed E-state index contributed by atoms with van der Waals surface area (Å²) in [6, 6.07) is 52.1. The van der Waals surface area contributed by atoms with E-state index in [1.807, 2.05) is 0 Å². The van der Waals surface area contributed by atoms with Crippen molar-refractivity contribution in [2.75, 3.05) is 0 Å². The smallest absolute Gasteiger partial charge is 0.0114 e. The van der Waals surface area contributed by atoms with Gasteiger partial charge < -0.3 is 24.8 Å². The quantitative estimate of drug-likeness (QED) is 0.172. The molecule has 0 spiro atoms. The van der Waals surface area contributed by atoms with Crippen molar-refractivity contribution in [1.82, 2.24) is 0 Å². The normalized spacial score (nSPS) is 10.4. The molecular formula is C39H30Cl2Zr-2. The number of fused-ring (bicyclic) bond motifs is 7. The van der Waals surface area contributed by atoms with Crippen LogP contribution >= 0.6 is 0 Å². The second-order valence-electron chi connectivity index (χ2n) is 10.3. The van der Waals surface area contributed by atoms with Gasteiger partial charge in [0.2, 0.25) is 0 Å². The van der Waals surface area contributed by atoms with E-state index in [2.05, 4.69) is 159 Å². The van der Waals surface area contributed by atoms with Crippen molar-refractivity contribution >= 4 is 57.1 Å². The van der Waals surface area contributed by atoms with Gasteiger partial charge in [0.05, 0.1) is 0 Å². The SMILES string of the molecule is C[C](C)=[Zr+2].[Cl-].[Cl-].c1ccc2c(-c3cccc4[cH-]ccc34)cccc2c1.c1ccc2c(c1)ccc1ccc3cc[cH-]c3c12. The Morgan fingerprint density at radius 2 is 1.00 bits per heavy atom. The molecule has 0 heterocycles. The summed E-state index contributed by atoms with van der Waals surface area (Å²) in [5.41, 5.74) is 2.63. The van der Waals surface area contributed by atoms with Crippen LogP contribution in [-0.2, 0) is 24.2 Å². The Balaban J connectivity index is 0.000000165. The number of hydrogen-bond acceptors (Lipinski definition) is 0. The zero-order valence-corrected chi connectivity index (χ0v) is 27.6. The maximum atomic E-state index is 2.21. The summed E-state index contributed by atoms with van der Waals surface area (Å²) in [6.45, 7) is 4.25. The molecule has 0 atom stereocenters. The van der Waals surface area contributed by atoms with Gasteiger partial charge >= 0.3 is 41.3 Å². The van der Waals surface area contributed by atoms with Crippen LogP contribution in [-0.4, -0.2) is 3.21 Å². The minimum Gasteiger partial charge on any atom is -1.00 e. The topological polar surface area (TPSA) is 0 Å². The zero-order valence-electron chi connectivity index (χ0n) is 23.6. The monoisotopic (exact) mass is 658 g/mol. The second kappa shape index (κ2) is 14.2. The molecule has 0 saturated heterocycles. The largest absolute Gasteiger partial charge is 1.00 e. The number of rotatable bonds is 1. The summed E-state index contributed by atoms with van der Waals surface area (Å²) >= 11 is 1.55. The van der Waals surface area contributed by atoms with E-state index in [-0.39, 0.29) is 24.8 Å². The third kappa shape index (κ3) is 6.50. The van der Waals surface area contributed by atoms with Crippen molar-refractivity contribution in [1.29, 1.82) is 0 Å². The summed E-state index contributed by atoms with van der Waals surface area (Å²) in [7, 11) is 0. The van der Waals surface area contributed by atoms with Gasteiger partial charge in [-0.05, 0) is 21.7 Å². The number of benzene rings is 6. The van der Waals surface area contributed by atoms with Gasteiger partial charge in [0, 0.05) is 0 Å². The average molecular weight is 661 g/mol. The van der Waals surface area contributed by atoms with E-state index in [0.717, 1.165) is 0 Å². The fraction of sp³-hybridized carbons (Fsp3) is 0.0513. The third-order valence-corrected chi connectivity index (χ3v) is 7.28. The van der Waals surface area contributed by atoms with E-state index in [4.69, 9.17) is 0 Å². The summed E-state index contributed by atoms with van der Waals surface area (Å²) < 4.78 is 1.51. The van der Waals surface area contributed by atoms with E-state index in [1.54, 1.807) is 24.2 Å². The Kier molecular flexibility index (Phi) is 10.7. The molecule has 0 nitrogen and oxygen atoms in total. The first-order valence-electron chi connectivity index (χ1n) is 13.7. The second-order valence-corrected chi connectivity index (χ2v) is 12.8. The van der Waals surface area contributed by atoms with Crippen LogP contribution < -0.4 is 24.8 Å². The summed E-state index contributed by atoms with van der Waals surface area (Å²) in [4.78, 5) is 0. The van der Waals surface area contributed by atoms with E-state index >= 15 is 0 Å². The summed E-state index contributed by atoms with van der Waals surface area (Å²) in [5.74, 6) is 0. The maximum absolute atomic E-state index is 2.21. The van der Waals surface area contributed by atoms with Gasteiger partial charge in [-0.1, -0.05) is 113 Å². The van der Waals surface area contributed by atoms with Crippen molar-refractivity contribution in [3.8, 4) is 11.1 Å². The van der Waals surface area contributed by atoms with Crippen LogP contribution in [0.5, 0.6) is 0 Å². The van der Waals surface area contributed by atoms with Crippen LogP contribution in [0.3, 0.4) is 0 Å². The fourth-order valence-corrected chi connectivity index (χ4v) is 5.57. The molecule has 3 heteroatoms. The van der Waals surface area contributed by atoms with Crippen molar-refractivity contribution in [3.05, 3.63) is 146 Å². The van der Waals surface area contributed by atoms with Crippen LogP contribution in [0, 0.1) is 0 Å². The molecule has 0 aliphatic heterocycles. The van der Waals surface area contributed by atoms with Crippen LogP contribution in [0.15, 0.2) is 146 Å². The van der Waals surface area contributed by atoms with E-state index in [0.29, 0.717) is 0 Å². The van der Waals surface area contributed by atoms with Gasteiger partial charge in [0.15, 0.2) is 0 Å². The van der Waals surface area contributed by atoms with Crippen LogP contribution in [0.4, 0.5) is 0 Å². The van der Waals surface area contributed by atoms with Gasteiger partial charge in [-0.15, -0.1) is 51.9 Å². The molecular weight excluding hydrogens is 631 g/mol. The van der Waals surface area contributed by atoms with Crippen molar-refractivity contribution < 1.29 is 49.0 Å². The molecule has 8 aromatic rings. The minimum absolute atomic E-state index is 0. The molecule has 8 aromatic carbocycles. The minimum atomic E-state index is 0. The van der Waals surface area contributed by atoms with Crippen LogP contribution in [0.1, 0.15) is 13.8 Å². The van der Waals surface area contributed by atoms with Gasteiger partial charge in [0.1, 0.15) is 0 Å². The summed E-state index contributed by atoms with van der Waals surface area (Å²) in [6.07, 6.45) is 0. The predicted octanol–water partition coefficient (Wildman–Crippen LogP) is 5.00. The van der Waals surface area contributed by atoms with Gasteiger partial charge in [-0.25, -0.2) is 0 Å². The van der Waals surface area contributed by atoms with Gasteiger partial charge in [-0.3, -0.25) is 0 Å². The average Bonchev–Trinajstić information content (AvgIpc) is 3.67. The predicted molar refractivity (Wildman–Crippen MR) is 173 cm³/mol. The van der Waals surface area contributed by atoms with Gasteiger partial charge in [0.25, 0.3) is 0 Å². The molecule has 8 rings (SSSR count). The first-order valence-corrected chi connectivity index (χ1v) is 14.9. The van der Waals surface area contributed by atoms with Crippen molar-refractivity contribution in [3.63, 3.8) is 0 Å². The Morgan fingerprint density at radius 3 is 1.74 bits per heavy atom. The van der Waals surface area contributed by atoms with Crippen molar-refractivity contribution in [2.24, 2.45) is 0 Å².